The highest BCUT2D eigenvalue weighted by Gasteiger charge is 2.25. The molecule has 7 heteroatoms. The third-order valence-corrected chi connectivity index (χ3v) is 5.85. The molecule has 1 N–H and O–H groups in total. The smallest absolute Gasteiger partial charge is 0.254 e. The Morgan fingerprint density at radius 2 is 1.97 bits per heavy atom. The van der Waals surface area contributed by atoms with Crippen LogP contribution >= 0.6 is 0 Å². The van der Waals surface area contributed by atoms with Crippen molar-refractivity contribution in [3.63, 3.8) is 0 Å². The van der Waals surface area contributed by atoms with E-state index in [2.05, 4.69) is 21.4 Å². The summed E-state index contributed by atoms with van der Waals surface area (Å²) in [6.45, 7) is 4.24. The molecule has 1 amide bonds. The Kier molecular flexibility index (Phi) is 6.32. The summed E-state index contributed by atoms with van der Waals surface area (Å²) in [6, 6.07) is 14.4. The summed E-state index contributed by atoms with van der Waals surface area (Å²) in [6.07, 6.45) is 3.80. The molecule has 1 saturated heterocycles. The van der Waals surface area contributed by atoms with Gasteiger partial charge in [0.25, 0.3) is 5.91 Å². The zero-order chi connectivity index (χ0) is 21.8. The van der Waals surface area contributed by atoms with E-state index in [1.807, 2.05) is 18.2 Å². The molecule has 6 nitrogen and oxygen atoms in total. The number of carbonyl (C=O) groups excluding carboxylic acids is 1. The van der Waals surface area contributed by atoms with Crippen LogP contribution in [0.15, 0.2) is 54.7 Å². The predicted molar refractivity (Wildman–Crippen MR) is 117 cm³/mol. The lowest BCUT2D eigenvalue weighted by Gasteiger charge is -2.28. The normalized spacial score (nSPS) is 15.1. The Morgan fingerprint density at radius 1 is 1.19 bits per heavy atom. The van der Waals surface area contributed by atoms with E-state index in [4.69, 9.17) is 4.74 Å². The van der Waals surface area contributed by atoms with Crippen molar-refractivity contribution < 1.29 is 13.9 Å². The Labute approximate surface area is 181 Å². The number of methoxy groups -OCH3 is 1. The molecule has 1 aliphatic rings. The van der Waals surface area contributed by atoms with E-state index in [1.54, 1.807) is 32.2 Å². The van der Waals surface area contributed by atoms with Crippen molar-refractivity contribution in [1.29, 1.82) is 0 Å². The number of halogens is 1. The maximum Gasteiger partial charge on any atom is 0.254 e. The van der Waals surface area contributed by atoms with Gasteiger partial charge in [0.15, 0.2) is 0 Å². The maximum atomic E-state index is 14.2. The van der Waals surface area contributed by atoms with Crippen LogP contribution < -0.4 is 10.1 Å². The van der Waals surface area contributed by atoms with E-state index in [0.29, 0.717) is 23.5 Å². The third-order valence-electron chi connectivity index (χ3n) is 5.85. The minimum absolute atomic E-state index is 0.0588. The molecular weight excluding hydrogens is 395 g/mol. The Morgan fingerprint density at radius 3 is 2.71 bits per heavy atom. The minimum atomic E-state index is -0.382. The molecule has 31 heavy (non-hydrogen) atoms. The first kappa shape index (κ1) is 21.1. The number of hydrogen-bond acceptors (Lipinski definition) is 4. The van der Waals surface area contributed by atoms with Crippen molar-refractivity contribution >= 4 is 5.91 Å². The van der Waals surface area contributed by atoms with Crippen LogP contribution in [-0.4, -0.2) is 47.3 Å². The van der Waals surface area contributed by atoms with Crippen molar-refractivity contribution in [3.05, 3.63) is 77.4 Å². The van der Waals surface area contributed by atoms with Gasteiger partial charge >= 0.3 is 0 Å². The first-order valence-electron chi connectivity index (χ1n) is 10.5. The molecule has 1 aliphatic heterocycles. The van der Waals surface area contributed by atoms with Crippen molar-refractivity contribution in [2.75, 3.05) is 26.7 Å². The number of likely N-dealkylation sites (tertiary alicyclic amines) is 1. The number of ether oxygens (including phenoxy) is 1. The van der Waals surface area contributed by atoms with E-state index in [9.17, 15) is 9.18 Å². The molecule has 1 atom stereocenters. The lowest BCUT2D eigenvalue weighted by molar-refractivity contribution is 0.0937. The summed E-state index contributed by atoms with van der Waals surface area (Å²) in [5.74, 6) is 0.204. The van der Waals surface area contributed by atoms with E-state index in [-0.39, 0.29) is 17.8 Å². The third kappa shape index (κ3) is 4.46. The number of hydrogen-bond donors (Lipinski definition) is 1. The van der Waals surface area contributed by atoms with Crippen LogP contribution in [0.3, 0.4) is 0 Å². The fourth-order valence-electron chi connectivity index (χ4n) is 4.14. The summed E-state index contributed by atoms with van der Waals surface area (Å²) in [7, 11) is 1.65. The largest absolute Gasteiger partial charge is 0.497 e. The van der Waals surface area contributed by atoms with Crippen LogP contribution in [0.25, 0.3) is 5.69 Å². The minimum Gasteiger partial charge on any atom is -0.497 e. The van der Waals surface area contributed by atoms with Gasteiger partial charge in [-0.05, 0) is 62.7 Å². The second-order valence-corrected chi connectivity index (χ2v) is 7.75. The lowest BCUT2D eigenvalue weighted by Crippen LogP contribution is -2.37. The van der Waals surface area contributed by atoms with Crippen LogP contribution in [0.4, 0.5) is 4.39 Å². The molecule has 0 aliphatic carbocycles. The van der Waals surface area contributed by atoms with Crippen LogP contribution in [0, 0.1) is 12.7 Å². The maximum absolute atomic E-state index is 14.2. The number of nitrogens with zero attached hydrogens (tertiary/aromatic N) is 3. The zero-order valence-corrected chi connectivity index (χ0v) is 17.8. The molecule has 2 aromatic carbocycles. The van der Waals surface area contributed by atoms with E-state index < -0.39 is 0 Å². The highest BCUT2D eigenvalue weighted by molar-refractivity contribution is 5.95. The standard InChI is InChI=1S/C24H27FN4O2/c1-17-20(15-27-29(17)22-11-4-3-10-21(22)25)24(30)26-16-23(28-12-5-6-13-28)18-8-7-9-19(14-18)31-2/h3-4,7-11,14-15,23H,5-6,12-13,16H2,1-2H3,(H,26,30)/t23-/m0/s1. The number of amides is 1. The number of carbonyl (C=O) groups is 1. The molecule has 1 fully saturated rings. The second kappa shape index (κ2) is 9.31. The molecule has 0 radical (unpaired) electrons. The van der Waals surface area contributed by atoms with Crippen molar-refractivity contribution in [1.82, 2.24) is 20.0 Å². The number of rotatable bonds is 7. The van der Waals surface area contributed by atoms with Gasteiger partial charge in [0, 0.05) is 6.54 Å². The van der Waals surface area contributed by atoms with Crippen LogP contribution in [0.1, 0.15) is 40.5 Å². The monoisotopic (exact) mass is 422 g/mol. The molecule has 0 spiro atoms. The fraction of sp³-hybridized carbons (Fsp3) is 0.333. The van der Waals surface area contributed by atoms with Crippen molar-refractivity contribution in [2.24, 2.45) is 0 Å². The SMILES string of the molecule is COc1cccc([C@H](CNC(=O)c2cnn(-c3ccccc3F)c2C)N2CCCC2)c1. The summed E-state index contributed by atoms with van der Waals surface area (Å²) in [4.78, 5) is 15.4. The van der Waals surface area contributed by atoms with Crippen molar-refractivity contribution in [3.8, 4) is 11.4 Å². The summed E-state index contributed by atoms with van der Waals surface area (Å²) < 4.78 is 21.0. The van der Waals surface area contributed by atoms with E-state index in [0.717, 1.165) is 37.2 Å². The van der Waals surface area contributed by atoms with Gasteiger partial charge in [-0.1, -0.05) is 24.3 Å². The molecule has 0 unspecified atom stereocenters. The first-order valence-corrected chi connectivity index (χ1v) is 10.5. The van der Waals surface area contributed by atoms with Gasteiger partial charge in [-0.2, -0.15) is 5.10 Å². The van der Waals surface area contributed by atoms with Crippen LogP contribution in [0.5, 0.6) is 5.75 Å². The second-order valence-electron chi connectivity index (χ2n) is 7.75. The molecule has 0 bridgehead atoms. The molecule has 2 heterocycles. The number of benzene rings is 2. The van der Waals surface area contributed by atoms with Gasteiger partial charge in [0.1, 0.15) is 17.3 Å². The average molecular weight is 423 g/mol. The van der Waals surface area contributed by atoms with Gasteiger partial charge in [-0.15, -0.1) is 0 Å². The highest BCUT2D eigenvalue weighted by atomic mass is 19.1. The Bertz CT molecular complexity index is 1060. The van der Waals surface area contributed by atoms with Gasteiger partial charge in [-0.25, -0.2) is 9.07 Å². The first-order chi connectivity index (χ1) is 15.1. The predicted octanol–water partition coefficient (Wildman–Crippen LogP) is 3.90. The number of para-hydroxylation sites is 1. The molecule has 1 aromatic heterocycles. The van der Waals surface area contributed by atoms with Crippen molar-refractivity contribution in [2.45, 2.75) is 25.8 Å². The Hall–Kier alpha value is -3.19. The van der Waals surface area contributed by atoms with Gasteiger partial charge in [0.2, 0.25) is 0 Å². The topological polar surface area (TPSA) is 59.4 Å². The number of aromatic nitrogens is 2. The summed E-state index contributed by atoms with van der Waals surface area (Å²) in [5.41, 5.74) is 2.47. The lowest BCUT2D eigenvalue weighted by atomic mass is 10.0. The molecule has 4 rings (SSSR count). The van der Waals surface area contributed by atoms with Gasteiger partial charge in [-0.3, -0.25) is 9.69 Å². The van der Waals surface area contributed by atoms with E-state index in [1.165, 1.54) is 16.9 Å². The summed E-state index contributed by atoms with van der Waals surface area (Å²) >= 11 is 0. The highest BCUT2D eigenvalue weighted by Crippen LogP contribution is 2.27. The van der Waals surface area contributed by atoms with Crippen LogP contribution in [-0.2, 0) is 0 Å². The Balaban J connectivity index is 1.52. The average Bonchev–Trinajstić information content (AvgIpc) is 3.45. The zero-order valence-electron chi connectivity index (χ0n) is 17.8. The van der Waals surface area contributed by atoms with Gasteiger partial charge < -0.3 is 10.1 Å². The number of nitrogens with one attached hydrogen (secondary N) is 1. The molecule has 162 valence electrons. The fourth-order valence-corrected chi connectivity index (χ4v) is 4.14. The van der Waals surface area contributed by atoms with Gasteiger partial charge in [0.05, 0.1) is 30.6 Å². The van der Waals surface area contributed by atoms with E-state index >= 15 is 0 Å². The molecule has 3 aromatic rings. The molecule has 0 saturated carbocycles. The van der Waals surface area contributed by atoms with Crippen LogP contribution in [0.2, 0.25) is 0 Å². The summed E-state index contributed by atoms with van der Waals surface area (Å²) in [5, 5.41) is 7.31. The molecular formula is C24H27FN4O2. The quantitative estimate of drug-likeness (QED) is 0.628.